The van der Waals surface area contributed by atoms with Gasteiger partial charge >= 0.3 is 17.9 Å². The van der Waals surface area contributed by atoms with E-state index in [2.05, 4.69) is 0 Å². The first-order valence-corrected chi connectivity index (χ1v) is 12.3. The lowest BCUT2D eigenvalue weighted by Gasteiger charge is -2.62. The van der Waals surface area contributed by atoms with E-state index in [1.165, 1.54) is 13.8 Å². The van der Waals surface area contributed by atoms with E-state index in [1.807, 2.05) is 0 Å². The fourth-order valence-electron chi connectivity index (χ4n) is 7.01. The Bertz CT molecular complexity index is 983. The van der Waals surface area contributed by atoms with Gasteiger partial charge in [-0.2, -0.15) is 0 Å². The van der Waals surface area contributed by atoms with Crippen molar-refractivity contribution in [3.63, 3.8) is 0 Å². The molecule has 0 aromatic rings. The van der Waals surface area contributed by atoms with Crippen LogP contribution in [0.25, 0.3) is 0 Å². The van der Waals surface area contributed by atoms with Gasteiger partial charge < -0.3 is 29.5 Å². The molecule has 3 rings (SSSR count). The number of hydrogen-bond acceptors (Lipinski definition) is 10. The predicted molar refractivity (Wildman–Crippen MR) is 125 cm³/mol. The molecule has 0 amide bonds. The van der Waals surface area contributed by atoms with Crippen LogP contribution < -0.4 is 0 Å². The van der Waals surface area contributed by atoms with E-state index in [4.69, 9.17) is 14.2 Å². The molecule has 10 nitrogen and oxygen atoms in total. The minimum Gasteiger partial charge on any atom is -0.463 e. The quantitative estimate of drug-likeness (QED) is 0.371. The summed E-state index contributed by atoms with van der Waals surface area (Å²) in [5, 5.41) is 34.8. The van der Waals surface area contributed by atoms with E-state index in [0.29, 0.717) is 11.1 Å². The molecule has 3 N–H and O–H groups in total. The molecular weight excluding hydrogens is 472 g/mol. The Balaban J connectivity index is 2.37. The standard InChI is InChI=1S/C26H38O10/c1-12-17(30)10-16-20(32)22-25(7,9-8-18(31)26(22,33)11-34-13(2)27)23(36-15(4)29)21(35-14(3)28)19(12)24(16,5)6/h16,18,20-23,31-33H,8-11H2,1-7H3/t16-,18-,20+,21+,22-,23-,25+,26-/m0/s1. The number of esters is 3. The van der Waals surface area contributed by atoms with Gasteiger partial charge in [0, 0.05) is 44.4 Å². The number of aliphatic hydroxyl groups is 3. The lowest BCUT2D eigenvalue weighted by molar-refractivity contribution is -0.269. The fourth-order valence-corrected chi connectivity index (χ4v) is 7.01. The lowest BCUT2D eigenvalue weighted by Crippen LogP contribution is -2.71. The van der Waals surface area contributed by atoms with Crippen LogP contribution in [0.2, 0.25) is 0 Å². The number of ketones is 1. The molecule has 0 unspecified atom stereocenters. The summed E-state index contributed by atoms with van der Waals surface area (Å²) in [5.41, 5.74) is -3.48. The molecule has 0 saturated heterocycles. The number of rotatable bonds is 4. The molecule has 10 heteroatoms. The number of aliphatic hydroxyl groups excluding tert-OH is 2. The Kier molecular flexibility index (Phi) is 7.49. The van der Waals surface area contributed by atoms with E-state index in [9.17, 15) is 34.5 Å². The van der Waals surface area contributed by atoms with Crippen LogP contribution in [0.5, 0.6) is 0 Å². The first-order valence-electron chi connectivity index (χ1n) is 12.3. The zero-order valence-electron chi connectivity index (χ0n) is 22.0. The van der Waals surface area contributed by atoms with Crippen LogP contribution in [0.1, 0.15) is 67.7 Å². The maximum absolute atomic E-state index is 13.1. The van der Waals surface area contributed by atoms with Gasteiger partial charge in [-0.25, -0.2) is 0 Å². The molecule has 0 radical (unpaired) electrons. The maximum Gasteiger partial charge on any atom is 0.303 e. The molecule has 8 atom stereocenters. The van der Waals surface area contributed by atoms with E-state index in [1.54, 1.807) is 27.7 Å². The van der Waals surface area contributed by atoms with Crippen molar-refractivity contribution in [3.05, 3.63) is 11.1 Å². The highest BCUT2D eigenvalue weighted by Gasteiger charge is 2.68. The highest BCUT2D eigenvalue weighted by atomic mass is 16.6. The third kappa shape index (κ3) is 4.48. The van der Waals surface area contributed by atoms with E-state index >= 15 is 0 Å². The number of Topliss-reactive ketones (excluding diaryl/α,β-unsaturated/α-hetero) is 1. The van der Waals surface area contributed by atoms with Gasteiger partial charge in [-0.05, 0) is 36.3 Å². The monoisotopic (exact) mass is 510 g/mol. The van der Waals surface area contributed by atoms with Gasteiger partial charge in [-0.15, -0.1) is 0 Å². The fraction of sp³-hybridized carbons (Fsp3) is 0.769. The largest absolute Gasteiger partial charge is 0.463 e. The van der Waals surface area contributed by atoms with E-state index in [0.717, 1.165) is 6.92 Å². The molecule has 2 fully saturated rings. The third-order valence-corrected chi connectivity index (χ3v) is 8.69. The highest BCUT2D eigenvalue weighted by molar-refractivity contribution is 5.97. The van der Waals surface area contributed by atoms with Gasteiger partial charge in [0.15, 0.2) is 11.9 Å². The van der Waals surface area contributed by atoms with Crippen molar-refractivity contribution < 1.29 is 48.7 Å². The van der Waals surface area contributed by atoms with Gasteiger partial charge in [-0.1, -0.05) is 20.8 Å². The molecule has 202 valence electrons. The van der Waals surface area contributed by atoms with Gasteiger partial charge in [0.1, 0.15) is 18.3 Å². The lowest BCUT2D eigenvalue weighted by atomic mass is 9.47. The van der Waals surface area contributed by atoms with Crippen molar-refractivity contribution >= 4 is 23.7 Å². The zero-order chi connectivity index (χ0) is 27.4. The molecule has 3 aliphatic rings. The first-order chi connectivity index (χ1) is 16.5. The Morgan fingerprint density at radius 3 is 2.11 bits per heavy atom. The first kappa shape index (κ1) is 28.3. The van der Waals surface area contributed by atoms with Crippen molar-refractivity contribution in [2.45, 2.75) is 97.7 Å². The Hall–Kier alpha value is -2.30. The van der Waals surface area contributed by atoms with Crippen LogP contribution in [-0.2, 0) is 33.4 Å². The SMILES string of the molecule is CC(=O)OC[C@]1(O)[C@@H](O)CC[C@@]2(C)[C@@H](OC(C)=O)[C@H](OC(C)=O)C3=C(C)C(=O)C[C@@H]([C@@H](O)[C@@H]21)C3(C)C. The molecule has 0 heterocycles. The van der Waals surface area contributed by atoms with Gasteiger partial charge in [0.05, 0.1) is 12.2 Å². The van der Waals surface area contributed by atoms with Crippen molar-refractivity contribution in [1.82, 2.24) is 0 Å². The number of hydrogen-bond donors (Lipinski definition) is 3. The van der Waals surface area contributed by atoms with E-state index < -0.39 is 77.2 Å². The van der Waals surface area contributed by atoms with Crippen LogP contribution in [-0.4, -0.2) is 75.6 Å². The van der Waals surface area contributed by atoms with Gasteiger partial charge in [0.25, 0.3) is 0 Å². The molecular formula is C26H38O10. The van der Waals surface area contributed by atoms with Crippen LogP contribution in [0, 0.1) is 22.7 Å². The summed E-state index contributed by atoms with van der Waals surface area (Å²) < 4.78 is 16.7. The van der Waals surface area contributed by atoms with Crippen LogP contribution in [0.3, 0.4) is 0 Å². The summed E-state index contributed by atoms with van der Waals surface area (Å²) in [6, 6.07) is 0. The second-order valence-electron chi connectivity index (χ2n) is 11.4. The summed E-state index contributed by atoms with van der Waals surface area (Å²) in [7, 11) is 0. The van der Waals surface area contributed by atoms with Crippen molar-refractivity contribution in [3.8, 4) is 0 Å². The molecule has 2 bridgehead atoms. The number of carbonyl (C=O) groups is 4. The topological polar surface area (TPSA) is 157 Å². The average molecular weight is 511 g/mol. The molecule has 0 aliphatic heterocycles. The highest BCUT2D eigenvalue weighted by Crippen LogP contribution is 2.60. The van der Waals surface area contributed by atoms with E-state index in [-0.39, 0.29) is 25.0 Å². The summed E-state index contributed by atoms with van der Waals surface area (Å²) in [5.74, 6) is -4.25. The Morgan fingerprint density at radius 1 is 1.00 bits per heavy atom. The van der Waals surface area contributed by atoms with Crippen LogP contribution in [0.15, 0.2) is 11.1 Å². The average Bonchev–Trinajstić information content (AvgIpc) is 2.74. The summed E-state index contributed by atoms with van der Waals surface area (Å²) in [6.07, 6.45) is -4.97. The normalized spacial score (nSPS) is 39.9. The van der Waals surface area contributed by atoms with Gasteiger partial charge in [0.2, 0.25) is 0 Å². The molecule has 36 heavy (non-hydrogen) atoms. The number of carbonyl (C=O) groups excluding carboxylic acids is 4. The van der Waals surface area contributed by atoms with Crippen molar-refractivity contribution in [1.29, 1.82) is 0 Å². The maximum atomic E-state index is 13.1. The van der Waals surface area contributed by atoms with Crippen molar-refractivity contribution in [2.75, 3.05) is 6.61 Å². The zero-order valence-corrected chi connectivity index (χ0v) is 22.0. The molecule has 0 aromatic heterocycles. The van der Waals surface area contributed by atoms with Crippen LogP contribution in [0.4, 0.5) is 0 Å². The summed E-state index contributed by atoms with van der Waals surface area (Å²) >= 11 is 0. The van der Waals surface area contributed by atoms with Gasteiger partial charge in [-0.3, -0.25) is 19.2 Å². The molecule has 2 saturated carbocycles. The molecule has 3 aliphatic carbocycles. The second kappa shape index (κ2) is 9.54. The number of ether oxygens (including phenoxy) is 3. The summed E-state index contributed by atoms with van der Waals surface area (Å²) in [6.45, 7) is 9.89. The second-order valence-corrected chi connectivity index (χ2v) is 11.4. The molecule has 0 aromatic carbocycles. The Morgan fingerprint density at radius 2 is 1.58 bits per heavy atom. The minimum absolute atomic E-state index is 0.0348. The number of fused-ring (bicyclic) bond motifs is 3. The third-order valence-electron chi connectivity index (χ3n) is 8.69. The predicted octanol–water partition coefficient (Wildman–Crippen LogP) is 1.23. The Labute approximate surface area is 211 Å². The summed E-state index contributed by atoms with van der Waals surface area (Å²) in [4.78, 5) is 49.5. The number of allylic oxidation sites excluding steroid dienone is 1. The minimum atomic E-state index is -2.13. The smallest absolute Gasteiger partial charge is 0.303 e. The molecule has 0 spiro atoms. The van der Waals surface area contributed by atoms with Crippen LogP contribution >= 0.6 is 0 Å². The van der Waals surface area contributed by atoms with Crippen molar-refractivity contribution in [2.24, 2.45) is 22.7 Å².